The second kappa shape index (κ2) is 7.92. The summed E-state index contributed by atoms with van der Waals surface area (Å²) < 4.78 is 16.8. The highest BCUT2D eigenvalue weighted by Crippen LogP contribution is 2.50. The summed E-state index contributed by atoms with van der Waals surface area (Å²) in [6.45, 7) is 6.54. The van der Waals surface area contributed by atoms with Crippen LogP contribution in [-0.4, -0.2) is 67.0 Å². The number of rotatable bonds is 7. The molecule has 29 heavy (non-hydrogen) atoms. The van der Waals surface area contributed by atoms with Crippen LogP contribution in [0.25, 0.3) is 10.9 Å². The summed E-state index contributed by atoms with van der Waals surface area (Å²) in [6, 6.07) is 5.53. The summed E-state index contributed by atoms with van der Waals surface area (Å²) in [6.07, 6.45) is 5.58. The van der Waals surface area contributed by atoms with Crippen LogP contribution in [-0.2, 0) is 16.9 Å². The van der Waals surface area contributed by atoms with Gasteiger partial charge in [-0.05, 0) is 45.1 Å². The van der Waals surface area contributed by atoms with Gasteiger partial charge in [0, 0.05) is 48.7 Å². The molecule has 156 valence electrons. The van der Waals surface area contributed by atoms with E-state index < -0.39 is 5.67 Å². The molecule has 1 fully saturated rings. The summed E-state index contributed by atoms with van der Waals surface area (Å²) in [7, 11) is 4.03. The molecule has 2 aliphatic rings. The van der Waals surface area contributed by atoms with Crippen LogP contribution < -0.4 is 5.32 Å². The molecule has 1 saturated heterocycles. The maximum atomic E-state index is 16.8. The van der Waals surface area contributed by atoms with Gasteiger partial charge < -0.3 is 15.2 Å². The number of piperidine rings is 1. The molecular weight excluding hydrogens is 367 g/mol. The van der Waals surface area contributed by atoms with E-state index in [0.717, 1.165) is 35.0 Å². The largest absolute Gasteiger partial charge is 0.361 e. The van der Waals surface area contributed by atoms with Crippen molar-refractivity contribution >= 4 is 16.8 Å². The van der Waals surface area contributed by atoms with Crippen molar-refractivity contribution in [1.29, 1.82) is 0 Å². The van der Waals surface area contributed by atoms with E-state index in [1.807, 2.05) is 44.6 Å². The van der Waals surface area contributed by atoms with Gasteiger partial charge in [0.25, 0.3) is 0 Å². The second-order valence-corrected chi connectivity index (χ2v) is 8.72. The molecule has 5 nitrogen and oxygen atoms in total. The Kier molecular flexibility index (Phi) is 5.49. The first kappa shape index (κ1) is 20.1. The molecule has 1 amide bonds. The van der Waals surface area contributed by atoms with E-state index in [1.54, 1.807) is 0 Å². The fourth-order valence-corrected chi connectivity index (χ4v) is 5.10. The van der Waals surface area contributed by atoms with Crippen molar-refractivity contribution < 1.29 is 9.18 Å². The third-order valence-corrected chi connectivity index (χ3v) is 6.43. The summed E-state index contributed by atoms with van der Waals surface area (Å²) in [5.41, 5.74) is 1.32. The minimum absolute atomic E-state index is 0.0414. The van der Waals surface area contributed by atoms with Crippen LogP contribution in [0, 0.1) is 5.92 Å². The number of alkyl halides is 1. The lowest BCUT2D eigenvalue weighted by Crippen LogP contribution is -2.60. The lowest BCUT2D eigenvalue weighted by Gasteiger charge is -2.50. The number of fused-ring (bicyclic) bond motifs is 2. The van der Waals surface area contributed by atoms with E-state index >= 15 is 4.39 Å². The van der Waals surface area contributed by atoms with Crippen LogP contribution in [0.4, 0.5) is 4.39 Å². The SMILES string of the molecule is C=CCN1C[C@H](C(=O)NCCCN(C)C)CC2(F)c3cccc4[nH]cc(c34)C[C@@H]12. The number of carbonyl (C=O) groups excluding carboxylic acids is 1. The first-order chi connectivity index (χ1) is 13.9. The molecule has 6 heteroatoms. The molecule has 4 rings (SSSR count). The molecule has 2 aromatic rings. The molecule has 1 aromatic carbocycles. The zero-order chi connectivity index (χ0) is 20.6. The number of likely N-dealkylation sites (tertiary alicyclic amines) is 1. The maximum Gasteiger partial charge on any atom is 0.224 e. The Labute approximate surface area is 171 Å². The molecule has 3 atom stereocenters. The van der Waals surface area contributed by atoms with Crippen molar-refractivity contribution in [2.75, 3.05) is 40.3 Å². The van der Waals surface area contributed by atoms with Gasteiger partial charge in [-0.1, -0.05) is 18.2 Å². The Morgan fingerprint density at radius 1 is 1.48 bits per heavy atom. The van der Waals surface area contributed by atoms with E-state index in [9.17, 15) is 4.79 Å². The first-order valence-electron chi connectivity index (χ1n) is 10.5. The van der Waals surface area contributed by atoms with E-state index in [4.69, 9.17) is 0 Å². The van der Waals surface area contributed by atoms with Crippen LogP contribution in [0.15, 0.2) is 37.1 Å². The van der Waals surface area contributed by atoms with Crippen molar-refractivity contribution in [3.05, 3.63) is 48.2 Å². The van der Waals surface area contributed by atoms with Crippen molar-refractivity contribution in [1.82, 2.24) is 20.1 Å². The first-order valence-corrected chi connectivity index (χ1v) is 10.5. The second-order valence-electron chi connectivity index (χ2n) is 8.72. The smallest absolute Gasteiger partial charge is 0.224 e. The van der Waals surface area contributed by atoms with Gasteiger partial charge in [0.05, 0.1) is 12.0 Å². The molecule has 0 bridgehead atoms. The Balaban J connectivity index is 1.60. The third-order valence-electron chi connectivity index (χ3n) is 6.43. The summed E-state index contributed by atoms with van der Waals surface area (Å²) in [4.78, 5) is 20.4. The molecule has 1 aliphatic heterocycles. The number of amides is 1. The lowest BCUT2D eigenvalue weighted by molar-refractivity contribution is -0.133. The predicted molar refractivity (Wildman–Crippen MR) is 115 cm³/mol. The lowest BCUT2D eigenvalue weighted by atomic mass is 9.69. The number of halogens is 1. The molecular formula is C23H31FN4O. The monoisotopic (exact) mass is 398 g/mol. The van der Waals surface area contributed by atoms with Crippen LogP contribution in [0.5, 0.6) is 0 Å². The van der Waals surface area contributed by atoms with Gasteiger partial charge >= 0.3 is 0 Å². The van der Waals surface area contributed by atoms with Crippen molar-refractivity contribution in [3.8, 4) is 0 Å². The van der Waals surface area contributed by atoms with E-state index in [-0.39, 0.29) is 24.3 Å². The van der Waals surface area contributed by atoms with Crippen molar-refractivity contribution in [3.63, 3.8) is 0 Å². The Bertz CT molecular complexity index is 907. The number of carbonyl (C=O) groups is 1. The molecule has 0 spiro atoms. The Morgan fingerprint density at radius 3 is 3.07 bits per heavy atom. The zero-order valence-electron chi connectivity index (χ0n) is 17.4. The van der Waals surface area contributed by atoms with Gasteiger partial charge in [0.1, 0.15) is 0 Å². The highest BCUT2D eigenvalue weighted by atomic mass is 19.1. The Hall–Kier alpha value is -2.18. The number of nitrogens with one attached hydrogen (secondary N) is 2. The van der Waals surface area contributed by atoms with Gasteiger partial charge in [0.2, 0.25) is 5.91 Å². The maximum absolute atomic E-state index is 16.8. The molecule has 0 radical (unpaired) electrons. The van der Waals surface area contributed by atoms with Gasteiger partial charge in [-0.3, -0.25) is 9.69 Å². The fraction of sp³-hybridized carbons (Fsp3) is 0.522. The number of aromatic nitrogens is 1. The summed E-state index contributed by atoms with van der Waals surface area (Å²) >= 11 is 0. The topological polar surface area (TPSA) is 51.4 Å². The number of hydrogen-bond acceptors (Lipinski definition) is 3. The fourth-order valence-electron chi connectivity index (χ4n) is 5.10. The number of hydrogen-bond donors (Lipinski definition) is 2. The summed E-state index contributed by atoms with van der Waals surface area (Å²) in [5.74, 6) is -0.411. The van der Waals surface area contributed by atoms with Gasteiger partial charge in [-0.15, -0.1) is 6.58 Å². The average Bonchev–Trinajstić information content (AvgIpc) is 3.10. The highest BCUT2D eigenvalue weighted by Gasteiger charge is 2.53. The zero-order valence-corrected chi connectivity index (χ0v) is 17.4. The molecule has 2 heterocycles. The summed E-state index contributed by atoms with van der Waals surface area (Å²) in [5, 5.41) is 4.03. The normalized spacial score (nSPS) is 26.5. The average molecular weight is 399 g/mol. The number of nitrogens with zero attached hydrogens (tertiary/aromatic N) is 2. The quantitative estimate of drug-likeness (QED) is 0.557. The minimum atomic E-state index is -1.54. The van der Waals surface area contributed by atoms with Gasteiger partial charge in [0.15, 0.2) is 5.67 Å². The third kappa shape index (κ3) is 3.60. The number of benzene rings is 1. The van der Waals surface area contributed by atoms with Crippen LogP contribution in [0.3, 0.4) is 0 Å². The van der Waals surface area contributed by atoms with E-state index in [2.05, 4.69) is 26.7 Å². The molecule has 1 aliphatic carbocycles. The molecule has 1 aromatic heterocycles. The minimum Gasteiger partial charge on any atom is -0.361 e. The van der Waals surface area contributed by atoms with Crippen molar-refractivity contribution in [2.45, 2.75) is 31.0 Å². The van der Waals surface area contributed by atoms with Crippen LogP contribution >= 0.6 is 0 Å². The number of aromatic amines is 1. The van der Waals surface area contributed by atoms with E-state index in [0.29, 0.717) is 26.1 Å². The van der Waals surface area contributed by atoms with Crippen LogP contribution in [0.2, 0.25) is 0 Å². The van der Waals surface area contributed by atoms with Gasteiger partial charge in [-0.2, -0.15) is 0 Å². The van der Waals surface area contributed by atoms with E-state index in [1.165, 1.54) is 0 Å². The van der Waals surface area contributed by atoms with Crippen molar-refractivity contribution in [2.24, 2.45) is 5.92 Å². The standard InChI is InChI=1S/C23H31FN4O/c1-4-10-28-15-17(22(29)25-9-6-11-27(2)3)13-23(24)18-7-5-8-19-21(18)16(14-26-19)12-20(23)28/h4-5,7-8,14,17,20,26H,1,6,9-13,15H2,2-3H3,(H,25,29)/t17-,20-,23?/m1/s1. The highest BCUT2D eigenvalue weighted by molar-refractivity contribution is 5.89. The molecule has 0 saturated carbocycles. The Morgan fingerprint density at radius 2 is 2.31 bits per heavy atom. The predicted octanol–water partition coefficient (Wildman–Crippen LogP) is 2.83. The molecule has 1 unspecified atom stereocenters. The molecule has 2 N–H and O–H groups in total. The van der Waals surface area contributed by atoms with Gasteiger partial charge in [-0.25, -0.2) is 4.39 Å². The number of H-pyrrole nitrogens is 1. The van der Waals surface area contributed by atoms with Crippen LogP contribution in [0.1, 0.15) is 24.0 Å².